The van der Waals surface area contributed by atoms with Gasteiger partial charge in [0.15, 0.2) is 23.2 Å². The predicted octanol–water partition coefficient (Wildman–Crippen LogP) is 18.9. The van der Waals surface area contributed by atoms with E-state index in [1.807, 2.05) is 60.7 Å². The lowest BCUT2D eigenvalue weighted by atomic mass is 9.92. The van der Waals surface area contributed by atoms with Crippen molar-refractivity contribution >= 4 is 49.3 Å². The Balaban J connectivity index is 1.12. The summed E-state index contributed by atoms with van der Waals surface area (Å²) in [5.41, 5.74) is 20.1. The van der Waals surface area contributed by atoms with Crippen LogP contribution in [0.1, 0.15) is 11.1 Å². The molecule has 0 aliphatic carbocycles. The van der Waals surface area contributed by atoms with Gasteiger partial charge in [0.25, 0.3) is 0 Å². The quantitative estimate of drug-likeness (QED) is 0.135. The van der Waals surface area contributed by atoms with Gasteiger partial charge in [-0.2, -0.15) is 0 Å². The third-order valence-electron chi connectivity index (χ3n) is 15.3. The number of benzene rings is 11. The Morgan fingerprint density at radius 2 is 0.744 bits per heavy atom. The molecule has 0 amide bonds. The molecule has 11 aromatic carbocycles. The Bertz CT molecular complexity index is 4650. The lowest BCUT2D eigenvalue weighted by molar-refractivity contribution is 1.06. The highest BCUT2D eigenvalue weighted by Crippen LogP contribution is 2.47. The van der Waals surface area contributed by atoms with E-state index < -0.39 is 0 Å². The van der Waals surface area contributed by atoms with Gasteiger partial charge in [-0.3, -0.25) is 0 Å². The van der Waals surface area contributed by atoms with Gasteiger partial charge >= 0.3 is 0 Å². The molecule has 0 saturated heterocycles. The largest absolute Gasteiger partial charge is 0.309 e. The SMILES string of the molecule is [C-]#[N+]c1ccccc1-c1ccc(-n2c3ccccc3c3cc(-c4ccccc4C)ccc32)c(-c2cccc(-n3c4ccccc4c4cc(-c5ccccc5C)ccc43)c2-c2nc(-c3ccccc3)nc(-c3ccccc3)n2)c1. The van der Waals surface area contributed by atoms with Crippen molar-refractivity contribution in [2.45, 2.75) is 13.8 Å². The third-order valence-corrected chi connectivity index (χ3v) is 15.3. The molecule has 0 aliphatic rings. The molecule has 0 N–H and O–H groups in total. The van der Waals surface area contributed by atoms with Crippen LogP contribution in [0.5, 0.6) is 0 Å². The minimum absolute atomic E-state index is 0.527. The highest BCUT2D eigenvalue weighted by atomic mass is 15.1. The summed E-state index contributed by atoms with van der Waals surface area (Å²) in [6.07, 6.45) is 0. The molecule has 0 radical (unpaired) electrons. The molecular formula is C72H48N6. The molecular weight excluding hydrogens is 949 g/mol. The molecule has 3 aromatic heterocycles. The number of para-hydroxylation sites is 3. The van der Waals surface area contributed by atoms with E-state index in [4.69, 9.17) is 21.5 Å². The first kappa shape index (κ1) is 46.1. The summed E-state index contributed by atoms with van der Waals surface area (Å²) in [5, 5.41) is 4.58. The van der Waals surface area contributed by atoms with Gasteiger partial charge in [-0.15, -0.1) is 0 Å². The van der Waals surface area contributed by atoms with E-state index in [9.17, 15) is 0 Å². The summed E-state index contributed by atoms with van der Waals surface area (Å²) in [7, 11) is 0. The van der Waals surface area contributed by atoms with Crippen LogP contribution >= 0.6 is 0 Å². The van der Waals surface area contributed by atoms with Crippen LogP contribution in [-0.2, 0) is 0 Å². The lowest BCUT2D eigenvalue weighted by Crippen LogP contribution is -2.06. The van der Waals surface area contributed by atoms with Gasteiger partial charge in [-0.05, 0) is 119 Å². The number of hydrogen-bond donors (Lipinski definition) is 0. The van der Waals surface area contributed by atoms with E-state index >= 15 is 0 Å². The maximum atomic E-state index is 8.32. The summed E-state index contributed by atoms with van der Waals surface area (Å²) < 4.78 is 4.80. The first-order valence-electron chi connectivity index (χ1n) is 26.3. The summed E-state index contributed by atoms with van der Waals surface area (Å²) >= 11 is 0. The van der Waals surface area contributed by atoms with Gasteiger partial charge in [-0.1, -0.05) is 200 Å². The topological polar surface area (TPSA) is 52.9 Å². The van der Waals surface area contributed by atoms with Gasteiger partial charge < -0.3 is 9.13 Å². The molecule has 366 valence electrons. The smallest absolute Gasteiger partial charge is 0.194 e. The Labute approximate surface area is 452 Å². The lowest BCUT2D eigenvalue weighted by Gasteiger charge is -2.22. The Kier molecular flexibility index (Phi) is 11.2. The fourth-order valence-corrected chi connectivity index (χ4v) is 11.6. The molecule has 14 aromatic rings. The van der Waals surface area contributed by atoms with Crippen molar-refractivity contribution in [3.05, 3.63) is 277 Å². The highest BCUT2D eigenvalue weighted by Gasteiger charge is 2.26. The van der Waals surface area contributed by atoms with Crippen molar-refractivity contribution in [1.82, 2.24) is 24.1 Å². The van der Waals surface area contributed by atoms with Crippen LogP contribution in [0, 0.1) is 20.4 Å². The van der Waals surface area contributed by atoms with Crippen LogP contribution in [0.4, 0.5) is 5.69 Å². The maximum Gasteiger partial charge on any atom is 0.194 e. The molecule has 3 heterocycles. The van der Waals surface area contributed by atoms with E-state index in [-0.39, 0.29) is 0 Å². The second-order valence-corrected chi connectivity index (χ2v) is 19.9. The molecule has 0 fully saturated rings. The fraction of sp³-hybridized carbons (Fsp3) is 0.0278. The van der Waals surface area contributed by atoms with Crippen molar-refractivity contribution in [3.63, 3.8) is 0 Å². The van der Waals surface area contributed by atoms with Crippen molar-refractivity contribution < 1.29 is 0 Å². The van der Waals surface area contributed by atoms with Crippen LogP contribution in [0.3, 0.4) is 0 Å². The zero-order chi connectivity index (χ0) is 52.3. The molecule has 0 atom stereocenters. The van der Waals surface area contributed by atoms with E-state index in [0.29, 0.717) is 23.2 Å². The van der Waals surface area contributed by atoms with Crippen LogP contribution in [0.15, 0.2) is 255 Å². The van der Waals surface area contributed by atoms with Gasteiger partial charge in [-0.25, -0.2) is 19.8 Å². The summed E-state index contributed by atoms with van der Waals surface area (Å²) in [6, 6.07) is 89.8. The molecule has 14 rings (SSSR count). The first-order valence-corrected chi connectivity index (χ1v) is 26.3. The molecule has 0 aliphatic heterocycles. The summed E-state index contributed by atoms with van der Waals surface area (Å²) in [6.45, 7) is 12.7. The van der Waals surface area contributed by atoms with Crippen LogP contribution in [0.25, 0.3) is 139 Å². The van der Waals surface area contributed by atoms with Gasteiger partial charge in [0.05, 0.1) is 45.6 Å². The second-order valence-electron chi connectivity index (χ2n) is 19.9. The van der Waals surface area contributed by atoms with Gasteiger partial charge in [0.2, 0.25) is 0 Å². The number of aryl methyl sites for hydroxylation is 2. The van der Waals surface area contributed by atoms with Crippen LogP contribution < -0.4 is 0 Å². The van der Waals surface area contributed by atoms with Crippen molar-refractivity contribution in [1.29, 1.82) is 0 Å². The van der Waals surface area contributed by atoms with Crippen LogP contribution in [0.2, 0.25) is 0 Å². The van der Waals surface area contributed by atoms with Crippen molar-refractivity contribution in [2.24, 2.45) is 0 Å². The summed E-state index contributed by atoms with van der Waals surface area (Å²) in [5.74, 6) is 1.66. The number of fused-ring (bicyclic) bond motifs is 6. The van der Waals surface area contributed by atoms with Crippen molar-refractivity contribution in [2.75, 3.05) is 0 Å². The standard InChI is InChI=1S/C72H48N6/c1-46-21-10-12-27-53(46)50-37-40-65-59(43-50)56-30-15-18-34-63(56)77(65)67-42-39-52(55-29-14-17-33-62(55)73-3)45-61(67)58-32-20-36-68(69(58)72-75-70(48-23-6-4-7-24-48)74-71(76-72)49-25-8-5-9-26-49)78-64-35-19-16-31-57(64)60-44-51(38-41-66(60)78)54-28-13-11-22-47(54)2/h4-45H,1-2H3. The van der Waals surface area contributed by atoms with Crippen LogP contribution in [-0.4, -0.2) is 24.1 Å². The third kappa shape index (κ3) is 7.76. The number of nitrogens with zero attached hydrogens (tertiary/aromatic N) is 6. The maximum absolute atomic E-state index is 8.32. The van der Waals surface area contributed by atoms with E-state index in [2.05, 4.69) is 222 Å². The number of hydrogen-bond acceptors (Lipinski definition) is 3. The average molecular weight is 997 g/mol. The average Bonchev–Trinajstić information content (AvgIpc) is 4.06. The predicted molar refractivity (Wildman–Crippen MR) is 322 cm³/mol. The fourth-order valence-electron chi connectivity index (χ4n) is 11.6. The summed E-state index contributed by atoms with van der Waals surface area (Å²) in [4.78, 5) is 20.3. The van der Waals surface area contributed by atoms with E-state index in [1.165, 1.54) is 27.8 Å². The van der Waals surface area contributed by atoms with Gasteiger partial charge in [0, 0.05) is 38.2 Å². The molecule has 0 spiro atoms. The van der Waals surface area contributed by atoms with E-state index in [1.54, 1.807) is 0 Å². The molecule has 78 heavy (non-hydrogen) atoms. The Morgan fingerprint density at radius 1 is 0.308 bits per heavy atom. The molecule has 6 nitrogen and oxygen atoms in total. The second kappa shape index (κ2) is 19.0. The van der Waals surface area contributed by atoms with Crippen molar-refractivity contribution in [3.8, 4) is 90.0 Å². The molecule has 6 heteroatoms. The number of aromatic nitrogens is 5. The molecule has 0 saturated carbocycles. The van der Waals surface area contributed by atoms with E-state index in [0.717, 1.165) is 99.5 Å². The first-order chi connectivity index (χ1) is 38.5. The highest BCUT2D eigenvalue weighted by molar-refractivity contribution is 6.13. The Hall–Kier alpha value is -10.5. The minimum Gasteiger partial charge on any atom is -0.309 e. The Morgan fingerprint density at radius 3 is 1.31 bits per heavy atom. The molecule has 0 unspecified atom stereocenters. The monoisotopic (exact) mass is 996 g/mol. The minimum atomic E-state index is 0.527. The molecule has 0 bridgehead atoms. The number of rotatable bonds is 9. The zero-order valence-corrected chi connectivity index (χ0v) is 42.9. The zero-order valence-electron chi connectivity index (χ0n) is 42.9. The van der Waals surface area contributed by atoms with Gasteiger partial charge in [0.1, 0.15) is 0 Å². The normalized spacial score (nSPS) is 11.4.